The molecule has 0 bridgehead atoms. The van der Waals surface area contributed by atoms with Crippen molar-refractivity contribution < 1.29 is 13.0 Å². The predicted octanol–water partition coefficient (Wildman–Crippen LogP) is 1.02. The summed E-state index contributed by atoms with van der Waals surface area (Å²) in [5, 5.41) is 0.836. The number of hydrogen-bond donors (Lipinski definition) is 1. The van der Waals surface area contributed by atoms with Gasteiger partial charge in [0.15, 0.2) is 0 Å². The molecule has 14 heavy (non-hydrogen) atoms. The molecular weight excluding hydrogens is 212 g/mol. The highest BCUT2D eigenvalue weighted by Gasteiger charge is 2.01. The molecule has 1 aromatic carbocycles. The Hall–Kier alpha value is -0.364. The van der Waals surface area contributed by atoms with E-state index in [0.717, 1.165) is 11.0 Å². The molecule has 0 saturated carbocycles. The van der Waals surface area contributed by atoms with E-state index in [1.165, 1.54) is 0 Å². The fourth-order valence-electron chi connectivity index (χ4n) is 0.992. The van der Waals surface area contributed by atoms with Gasteiger partial charge in [-0.2, -0.15) is 8.42 Å². The maximum absolute atomic E-state index is 10.5. The van der Waals surface area contributed by atoms with Crippen molar-refractivity contribution in [3.8, 4) is 0 Å². The summed E-state index contributed by atoms with van der Waals surface area (Å²) >= 11 is 0. The smallest absolute Gasteiger partial charge is 0.282 e. The molecule has 74 valence electrons. The van der Waals surface area contributed by atoms with Gasteiger partial charge in [0.1, 0.15) is 0 Å². The Morgan fingerprint density at radius 3 is 2.21 bits per heavy atom. The molecule has 0 aromatic heterocycles. The first kappa shape index (κ1) is 13.6. The van der Waals surface area contributed by atoms with Gasteiger partial charge in [-0.1, -0.05) is 30.3 Å². The van der Waals surface area contributed by atoms with Gasteiger partial charge in [0.2, 0.25) is 0 Å². The van der Waals surface area contributed by atoms with Crippen molar-refractivity contribution >= 4 is 38.7 Å². The second-order valence-electron chi connectivity index (χ2n) is 2.68. The van der Waals surface area contributed by atoms with Gasteiger partial charge >= 0.3 is 23.1 Å². The van der Waals surface area contributed by atoms with Gasteiger partial charge in [0.25, 0.3) is 10.1 Å². The van der Waals surface area contributed by atoms with E-state index < -0.39 is 10.1 Å². The van der Waals surface area contributed by atoms with Crippen LogP contribution in [0.1, 0.15) is 12.5 Å². The molecule has 3 nitrogen and oxygen atoms in total. The lowest BCUT2D eigenvalue weighted by atomic mass is 10.1. The zero-order chi connectivity index (χ0) is 9.90. The minimum absolute atomic E-state index is 0. The van der Waals surface area contributed by atoms with Crippen LogP contribution in [0.25, 0.3) is 5.57 Å². The van der Waals surface area contributed by atoms with E-state index in [-0.39, 0.29) is 23.1 Å². The van der Waals surface area contributed by atoms with Crippen molar-refractivity contribution in [2.45, 2.75) is 6.92 Å². The highest BCUT2D eigenvalue weighted by molar-refractivity contribution is 7.89. The maximum Gasteiger partial charge on any atom is 0.316 e. The van der Waals surface area contributed by atoms with Crippen LogP contribution in [0.4, 0.5) is 0 Å². The predicted molar refractivity (Wildman–Crippen MR) is 60.2 cm³/mol. The average Bonchev–Trinajstić information content (AvgIpc) is 2.03. The summed E-state index contributed by atoms with van der Waals surface area (Å²) in [4.78, 5) is 0. The molecule has 0 unspecified atom stereocenters. The quantitative estimate of drug-likeness (QED) is 0.603. The van der Waals surface area contributed by atoms with Crippen LogP contribution in [0.2, 0.25) is 0 Å². The third-order valence-electron chi connectivity index (χ3n) is 1.55. The van der Waals surface area contributed by atoms with Gasteiger partial charge < -0.3 is 0 Å². The van der Waals surface area contributed by atoms with Gasteiger partial charge in [-0.05, 0) is 18.1 Å². The standard InChI is InChI=1S/C9H10O3S.Mg.2H/c1-8(7-13(10,11)12)9-5-3-2-4-6-9;;;/h2-7H,1H3,(H,10,11,12);;;. The molecule has 1 aromatic rings. The van der Waals surface area contributed by atoms with Crippen LogP contribution in [0.15, 0.2) is 35.7 Å². The molecule has 1 N–H and O–H groups in total. The number of benzene rings is 1. The lowest BCUT2D eigenvalue weighted by Crippen LogP contribution is -1.91. The first-order valence-corrected chi connectivity index (χ1v) is 5.20. The van der Waals surface area contributed by atoms with E-state index in [4.69, 9.17) is 4.55 Å². The van der Waals surface area contributed by atoms with E-state index in [1.54, 1.807) is 31.2 Å². The zero-order valence-electron chi connectivity index (χ0n) is 7.14. The SMILES string of the molecule is CC(=CS(=O)(=O)O)c1ccccc1.[MgH2]. The van der Waals surface area contributed by atoms with Crippen LogP contribution < -0.4 is 0 Å². The molecule has 0 saturated heterocycles. The summed E-state index contributed by atoms with van der Waals surface area (Å²) in [6, 6.07) is 8.99. The van der Waals surface area contributed by atoms with Gasteiger partial charge in [0.05, 0.1) is 5.41 Å². The Morgan fingerprint density at radius 2 is 1.79 bits per heavy atom. The Labute approximate surface area is 99.7 Å². The van der Waals surface area contributed by atoms with E-state index >= 15 is 0 Å². The Morgan fingerprint density at radius 1 is 1.29 bits per heavy atom. The van der Waals surface area contributed by atoms with E-state index in [9.17, 15) is 8.42 Å². The monoisotopic (exact) mass is 224 g/mol. The van der Waals surface area contributed by atoms with Crippen molar-refractivity contribution in [3.05, 3.63) is 41.3 Å². The van der Waals surface area contributed by atoms with Crippen LogP contribution >= 0.6 is 0 Å². The minimum atomic E-state index is -4.03. The fraction of sp³-hybridized carbons (Fsp3) is 0.111. The fourth-order valence-corrected chi connectivity index (χ4v) is 1.58. The molecule has 0 heterocycles. The van der Waals surface area contributed by atoms with Crippen molar-refractivity contribution in [3.63, 3.8) is 0 Å². The van der Waals surface area contributed by atoms with Crippen molar-refractivity contribution in [2.75, 3.05) is 0 Å². The largest absolute Gasteiger partial charge is 0.316 e. The molecule has 5 heteroatoms. The van der Waals surface area contributed by atoms with E-state index in [1.807, 2.05) is 6.07 Å². The van der Waals surface area contributed by atoms with Gasteiger partial charge in [-0.3, -0.25) is 4.55 Å². The van der Waals surface area contributed by atoms with Gasteiger partial charge in [-0.25, -0.2) is 0 Å². The number of rotatable bonds is 2. The van der Waals surface area contributed by atoms with Crippen LogP contribution in [-0.4, -0.2) is 36.0 Å². The summed E-state index contributed by atoms with van der Waals surface area (Å²) in [6.45, 7) is 1.63. The van der Waals surface area contributed by atoms with Crippen LogP contribution in [0, 0.1) is 0 Å². The van der Waals surface area contributed by atoms with Gasteiger partial charge in [-0.15, -0.1) is 0 Å². The molecule has 0 fully saturated rings. The second kappa shape index (κ2) is 5.50. The first-order chi connectivity index (χ1) is 5.99. The topological polar surface area (TPSA) is 54.4 Å². The molecule has 1 rings (SSSR count). The Bertz CT molecular complexity index is 409. The van der Waals surface area contributed by atoms with E-state index in [0.29, 0.717) is 5.57 Å². The van der Waals surface area contributed by atoms with Crippen LogP contribution in [0.5, 0.6) is 0 Å². The van der Waals surface area contributed by atoms with Crippen molar-refractivity contribution in [1.29, 1.82) is 0 Å². The lowest BCUT2D eigenvalue weighted by molar-refractivity contribution is 0.494. The van der Waals surface area contributed by atoms with Crippen molar-refractivity contribution in [2.24, 2.45) is 0 Å². The molecule has 0 aliphatic carbocycles. The van der Waals surface area contributed by atoms with Gasteiger partial charge in [0, 0.05) is 0 Å². The normalized spacial score (nSPS) is 12.0. The zero-order valence-corrected chi connectivity index (χ0v) is 7.95. The number of allylic oxidation sites excluding steroid dienone is 1. The average molecular weight is 225 g/mol. The highest BCUT2D eigenvalue weighted by atomic mass is 32.2. The summed E-state index contributed by atoms with van der Waals surface area (Å²) in [6.07, 6.45) is 0. The minimum Gasteiger partial charge on any atom is -0.282 e. The van der Waals surface area contributed by atoms with Crippen molar-refractivity contribution in [1.82, 2.24) is 0 Å². The highest BCUT2D eigenvalue weighted by Crippen LogP contribution is 2.13. The van der Waals surface area contributed by atoms with Crippen LogP contribution in [-0.2, 0) is 10.1 Å². The third-order valence-corrected chi connectivity index (χ3v) is 2.21. The first-order valence-electron chi connectivity index (χ1n) is 3.70. The number of hydrogen-bond acceptors (Lipinski definition) is 2. The molecule has 0 aliphatic rings. The molecule has 0 amide bonds. The molecule has 0 atom stereocenters. The summed E-state index contributed by atoms with van der Waals surface area (Å²) in [5.74, 6) is 0. The van der Waals surface area contributed by atoms with E-state index in [2.05, 4.69) is 0 Å². The molecule has 0 aliphatic heterocycles. The molecular formula is C9H12MgO3S. The summed E-state index contributed by atoms with van der Waals surface area (Å²) in [5.41, 5.74) is 1.29. The lowest BCUT2D eigenvalue weighted by Gasteiger charge is -1.98. The molecule has 0 radical (unpaired) electrons. The second-order valence-corrected chi connectivity index (χ2v) is 3.95. The maximum atomic E-state index is 10.5. The Kier molecular flexibility index (Phi) is 5.36. The Balaban J connectivity index is 0.00000169. The van der Waals surface area contributed by atoms with Crippen LogP contribution in [0.3, 0.4) is 0 Å². The summed E-state index contributed by atoms with van der Waals surface area (Å²) < 4.78 is 29.5. The molecule has 0 spiro atoms. The summed E-state index contributed by atoms with van der Waals surface area (Å²) in [7, 11) is -4.03. The third kappa shape index (κ3) is 4.76.